The largest absolute Gasteiger partial charge is 0.493 e. The summed E-state index contributed by atoms with van der Waals surface area (Å²) in [4.78, 5) is 32.3. The molecular weight excluding hydrogens is 366 g/mol. The Kier molecular flexibility index (Phi) is 5.76. The van der Waals surface area contributed by atoms with Gasteiger partial charge in [0.2, 0.25) is 5.91 Å². The molecule has 1 amide bonds. The lowest BCUT2D eigenvalue weighted by atomic mass is 10.1. The Labute approximate surface area is 162 Å². The number of ether oxygens (including phenoxy) is 3. The fourth-order valence-corrected chi connectivity index (χ4v) is 3.83. The van der Waals surface area contributed by atoms with E-state index in [1.54, 1.807) is 25.2 Å². The van der Waals surface area contributed by atoms with Gasteiger partial charge in [-0.25, -0.2) is 0 Å². The van der Waals surface area contributed by atoms with Crippen LogP contribution in [0.4, 0.5) is 11.4 Å². The summed E-state index contributed by atoms with van der Waals surface area (Å²) in [6.45, 7) is 2.92. The van der Waals surface area contributed by atoms with Crippen molar-refractivity contribution < 1.29 is 24.5 Å². The average molecular weight is 391 g/mol. The zero-order valence-electron chi connectivity index (χ0n) is 16.0. The van der Waals surface area contributed by atoms with E-state index in [9.17, 15) is 9.59 Å². The number of hydrogen-bond acceptors (Lipinski definition) is 6. The summed E-state index contributed by atoms with van der Waals surface area (Å²) in [5.74, 6) is 1.11. The van der Waals surface area contributed by atoms with Crippen molar-refractivity contribution in [2.24, 2.45) is 0 Å². The lowest BCUT2D eigenvalue weighted by Crippen LogP contribution is -2.41. The van der Waals surface area contributed by atoms with Gasteiger partial charge in [-0.3, -0.25) is 9.59 Å². The number of hydrogen-bond donors (Lipinski definition) is 1. The van der Waals surface area contributed by atoms with Crippen molar-refractivity contribution in [2.45, 2.75) is 12.8 Å². The van der Waals surface area contributed by atoms with Crippen LogP contribution in [0.15, 0.2) is 16.9 Å². The number of amides is 1. The molecule has 4 rings (SSSR count). The monoisotopic (exact) mass is 391 g/mol. The Morgan fingerprint density at radius 1 is 1.00 bits per heavy atom. The van der Waals surface area contributed by atoms with Crippen LogP contribution < -0.4 is 24.8 Å². The third-order valence-corrected chi connectivity index (χ3v) is 5.14. The average Bonchev–Trinajstić information content (AvgIpc) is 3.12. The molecule has 152 valence electrons. The van der Waals surface area contributed by atoms with Crippen LogP contribution in [0.25, 0.3) is 10.9 Å². The number of nitrogens with one attached hydrogen (secondary N) is 1. The van der Waals surface area contributed by atoms with E-state index in [2.05, 4.69) is 4.98 Å². The standard InChI is InChI=1S/C19H23N3O5.H2O/c1-25-14-10-12-13(11-15(14)26-2)20-19(24)18(21-6-8-27-9-7-21)17(12)22-5-3-4-16(22)23;/h10-11H,3-9H2,1-2H3,(H,20,24);1H2. The zero-order chi connectivity index (χ0) is 19.0. The number of carbonyl (C=O) groups is 1. The summed E-state index contributed by atoms with van der Waals surface area (Å²) in [5.41, 5.74) is 1.57. The summed E-state index contributed by atoms with van der Waals surface area (Å²) < 4.78 is 16.2. The Balaban J connectivity index is 0.00000225. The number of rotatable bonds is 4. The summed E-state index contributed by atoms with van der Waals surface area (Å²) >= 11 is 0. The quantitative estimate of drug-likeness (QED) is 0.820. The lowest BCUT2D eigenvalue weighted by Gasteiger charge is -2.32. The fraction of sp³-hybridized carbons (Fsp3) is 0.474. The van der Waals surface area contributed by atoms with Crippen molar-refractivity contribution in [3.8, 4) is 11.5 Å². The van der Waals surface area contributed by atoms with Gasteiger partial charge in [-0.1, -0.05) is 0 Å². The number of anilines is 2. The first kappa shape index (κ1) is 20.0. The van der Waals surface area contributed by atoms with Crippen molar-refractivity contribution in [1.29, 1.82) is 0 Å². The van der Waals surface area contributed by atoms with Crippen LogP contribution in [0.1, 0.15) is 12.8 Å². The topological polar surface area (TPSA) is 116 Å². The molecule has 1 aromatic carbocycles. The highest BCUT2D eigenvalue weighted by Crippen LogP contribution is 2.40. The van der Waals surface area contributed by atoms with Gasteiger partial charge in [0, 0.05) is 37.5 Å². The van der Waals surface area contributed by atoms with E-state index in [0.717, 1.165) is 11.8 Å². The van der Waals surface area contributed by atoms with Gasteiger partial charge in [-0.2, -0.15) is 0 Å². The molecule has 1 aromatic heterocycles. The second-order valence-corrected chi connectivity index (χ2v) is 6.65. The van der Waals surface area contributed by atoms with Crippen LogP contribution >= 0.6 is 0 Å². The van der Waals surface area contributed by atoms with E-state index >= 15 is 0 Å². The summed E-state index contributed by atoms with van der Waals surface area (Å²) in [6.07, 6.45) is 1.27. The van der Waals surface area contributed by atoms with Crippen LogP contribution in [-0.2, 0) is 9.53 Å². The van der Waals surface area contributed by atoms with Crippen molar-refractivity contribution in [1.82, 2.24) is 4.98 Å². The van der Waals surface area contributed by atoms with E-state index in [-0.39, 0.29) is 16.9 Å². The number of nitrogens with zero attached hydrogens (tertiary/aromatic N) is 2. The van der Waals surface area contributed by atoms with Crippen molar-refractivity contribution >= 4 is 28.2 Å². The number of aromatic amines is 1. The van der Waals surface area contributed by atoms with Gasteiger partial charge in [0.25, 0.3) is 5.56 Å². The second-order valence-electron chi connectivity index (χ2n) is 6.65. The van der Waals surface area contributed by atoms with Gasteiger partial charge < -0.3 is 34.5 Å². The molecular formula is C19H25N3O6. The fourth-order valence-electron chi connectivity index (χ4n) is 3.83. The highest BCUT2D eigenvalue weighted by atomic mass is 16.5. The number of aromatic nitrogens is 1. The first-order chi connectivity index (χ1) is 13.1. The number of pyridine rings is 1. The number of morpholine rings is 1. The third kappa shape index (κ3) is 3.27. The van der Waals surface area contributed by atoms with Gasteiger partial charge in [0.15, 0.2) is 11.5 Å². The molecule has 9 heteroatoms. The molecule has 2 aliphatic rings. The Hall–Kier alpha value is -2.78. The molecule has 2 saturated heterocycles. The Bertz CT molecular complexity index is 935. The van der Waals surface area contributed by atoms with E-state index in [0.29, 0.717) is 67.7 Å². The maximum absolute atomic E-state index is 13.0. The first-order valence-electron chi connectivity index (χ1n) is 9.09. The van der Waals surface area contributed by atoms with Crippen molar-refractivity contribution in [2.75, 3.05) is 56.9 Å². The minimum absolute atomic E-state index is 0. The van der Waals surface area contributed by atoms with E-state index in [1.807, 2.05) is 11.0 Å². The van der Waals surface area contributed by atoms with Crippen molar-refractivity contribution in [3.63, 3.8) is 0 Å². The van der Waals surface area contributed by atoms with Gasteiger partial charge in [0.1, 0.15) is 5.69 Å². The molecule has 0 saturated carbocycles. The number of carbonyl (C=O) groups excluding carboxylic acids is 1. The molecule has 0 spiro atoms. The third-order valence-electron chi connectivity index (χ3n) is 5.14. The zero-order valence-corrected chi connectivity index (χ0v) is 16.0. The number of benzene rings is 1. The molecule has 0 atom stereocenters. The predicted octanol–water partition coefficient (Wildman–Crippen LogP) is 0.684. The molecule has 9 nitrogen and oxygen atoms in total. The van der Waals surface area contributed by atoms with E-state index in [4.69, 9.17) is 14.2 Å². The van der Waals surface area contributed by atoms with Crippen LogP contribution in [0.3, 0.4) is 0 Å². The van der Waals surface area contributed by atoms with Crippen LogP contribution in [-0.4, -0.2) is 63.4 Å². The minimum atomic E-state index is -0.216. The molecule has 3 N–H and O–H groups in total. The Morgan fingerprint density at radius 2 is 1.68 bits per heavy atom. The Morgan fingerprint density at radius 3 is 2.29 bits per heavy atom. The SMILES string of the molecule is COc1cc2[nH]c(=O)c(N3CCOCC3)c(N3CCCC3=O)c2cc1OC.O. The summed E-state index contributed by atoms with van der Waals surface area (Å²) in [7, 11) is 3.12. The van der Waals surface area contributed by atoms with Crippen LogP contribution in [0.2, 0.25) is 0 Å². The highest BCUT2D eigenvalue weighted by Gasteiger charge is 2.30. The molecule has 0 bridgehead atoms. The molecule has 28 heavy (non-hydrogen) atoms. The van der Waals surface area contributed by atoms with Gasteiger partial charge in [-0.15, -0.1) is 0 Å². The van der Waals surface area contributed by atoms with Crippen LogP contribution in [0.5, 0.6) is 11.5 Å². The normalized spacial score (nSPS) is 17.0. The summed E-state index contributed by atoms with van der Waals surface area (Å²) in [6, 6.07) is 3.57. The molecule has 0 radical (unpaired) electrons. The number of H-pyrrole nitrogens is 1. The van der Waals surface area contributed by atoms with Gasteiger partial charge in [0.05, 0.1) is 38.6 Å². The number of fused-ring (bicyclic) bond motifs is 1. The van der Waals surface area contributed by atoms with E-state index in [1.165, 1.54) is 0 Å². The predicted molar refractivity (Wildman–Crippen MR) is 106 cm³/mol. The molecule has 2 aromatic rings. The molecule has 2 fully saturated rings. The molecule has 2 aliphatic heterocycles. The second kappa shape index (κ2) is 8.07. The molecule has 0 unspecified atom stereocenters. The maximum atomic E-state index is 13.0. The number of methoxy groups -OCH3 is 2. The summed E-state index contributed by atoms with van der Waals surface area (Å²) in [5, 5.41) is 0.768. The van der Waals surface area contributed by atoms with Gasteiger partial charge >= 0.3 is 0 Å². The molecule has 0 aliphatic carbocycles. The molecule has 3 heterocycles. The van der Waals surface area contributed by atoms with Gasteiger partial charge in [-0.05, 0) is 12.5 Å². The van der Waals surface area contributed by atoms with E-state index < -0.39 is 0 Å². The highest BCUT2D eigenvalue weighted by molar-refractivity contribution is 6.09. The minimum Gasteiger partial charge on any atom is -0.493 e. The van der Waals surface area contributed by atoms with Crippen LogP contribution in [0, 0.1) is 0 Å². The lowest BCUT2D eigenvalue weighted by molar-refractivity contribution is -0.117. The van der Waals surface area contributed by atoms with Crippen molar-refractivity contribution in [3.05, 3.63) is 22.5 Å². The maximum Gasteiger partial charge on any atom is 0.274 e. The smallest absolute Gasteiger partial charge is 0.274 e. The first-order valence-corrected chi connectivity index (χ1v) is 9.09.